The number of benzene rings is 2. The van der Waals surface area contributed by atoms with Crippen molar-refractivity contribution in [1.82, 2.24) is 15.2 Å². The Morgan fingerprint density at radius 1 is 1.10 bits per heavy atom. The first-order chi connectivity index (χ1) is 14.0. The maximum absolute atomic E-state index is 12.3. The minimum absolute atomic E-state index is 0.118. The van der Waals surface area contributed by atoms with Crippen LogP contribution in [0.5, 0.6) is 17.2 Å². The van der Waals surface area contributed by atoms with Gasteiger partial charge in [-0.2, -0.15) is 0 Å². The Labute approximate surface area is 176 Å². The molecule has 0 aliphatic rings. The molecular formula is C19H19ClN4O4S. The number of aromatic nitrogens is 3. The summed E-state index contributed by atoms with van der Waals surface area (Å²) in [5.41, 5.74) is 1.32. The van der Waals surface area contributed by atoms with Crippen LogP contribution in [0.25, 0.3) is 11.4 Å². The van der Waals surface area contributed by atoms with E-state index in [1.807, 2.05) is 24.3 Å². The van der Waals surface area contributed by atoms with E-state index in [-0.39, 0.29) is 11.7 Å². The second-order valence-electron chi connectivity index (χ2n) is 5.72. The standard InChI is InChI=1S/C19H19ClN4O4S/c1-26-12-6-4-11(5-7-12)18-22-19(24-23-18)29-10-17(25)21-14-8-13(20)15(27-2)9-16(14)28-3/h4-9H,10H2,1-3H3,(H,21,25)(H,22,23,24). The Morgan fingerprint density at radius 2 is 1.83 bits per heavy atom. The van der Waals surface area contributed by atoms with E-state index < -0.39 is 0 Å². The molecular weight excluding hydrogens is 416 g/mol. The molecule has 0 unspecified atom stereocenters. The monoisotopic (exact) mass is 434 g/mol. The molecule has 0 aliphatic carbocycles. The summed E-state index contributed by atoms with van der Waals surface area (Å²) >= 11 is 7.33. The molecule has 1 amide bonds. The number of ether oxygens (including phenoxy) is 3. The van der Waals surface area contributed by atoms with Crippen LogP contribution >= 0.6 is 23.4 Å². The highest BCUT2D eigenvalue weighted by molar-refractivity contribution is 7.99. The summed E-state index contributed by atoms with van der Waals surface area (Å²) in [5.74, 6) is 2.15. The molecule has 0 spiro atoms. The zero-order chi connectivity index (χ0) is 20.8. The number of carbonyl (C=O) groups is 1. The quantitative estimate of drug-likeness (QED) is 0.519. The van der Waals surface area contributed by atoms with Crippen molar-refractivity contribution in [2.75, 3.05) is 32.4 Å². The molecule has 2 N–H and O–H groups in total. The van der Waals surface area contributed by atoms with E-state index in [0.29, 0.717) is 33.2 Å². The maximum Gasteiger partial charge on any atom is 0.234 e. The SMILES string of the molecule is COc1ccc(-c2nc(SCC(=O)Nc3cc(Cl)c(OC)cc3OC)n[nH]2)cc1. The van der Waals surface area contributed by atoms with E-state index in [9.17, 15) is 4.79 Å². The lowest BCUT2D eigenvalue weighted by Crippen LogP contribution is -2.15. The van der Waals surface area contributed by atoms with Gasteiger partial charge in [-0.1, -0.05) is 23.4 Å². The molecule has 152 valence electrons. The minimum Gasteiger partial charge on any atom is -0.497 e. The number of thioether (sulfide) groups is 1. The number of nitrogens with one attached hydrogen (secondary N) is 2. The van der Waals surface area contributed by atoms with E-state index >= 15 is 0 Å². The van der Waals surface area contributed by atoms with Gasteiger partial charge in [0, 0.05) is 11.6 Å². The third-order valence-corrected chi connectivity index (χ3v) is 5.05. The van der Waals surface area contributed by atoms with Crippen molar-refractivity contribution in [1.29, 1.82) is 0 Å². The summed E-state index contributed by atoms with van der Waals surface area (Å²) in [7, 11) is 4.62. The number of aromatic amines is 1. The lowest BCUT2D eigenvalue weighted by atomic mass is 10.2. The molecule has 0 atom stereocenters. The number of methoxy groups -OCH3 is 3. The van der Waals surface area contributed by atoms with Crippen LogP contribution in [0.4, 0.5) is 5.69 Å². The van der Waals surface area contributed by atoms with Crippen molar-refractivity contribution in [3.05, 3.63) is 41.4 Å². The molecule has 1 aromatic heterocycles. The predicted octanol–water partition coefficient (Wildman–Crippen LogP) is 3.88. The number of carbonyl (C=O) groups excluding carboxylic acids is 1. The van der Waals surface area contributed by atoms with Crippen molar-refractivity contribution >= 4 is 35.0 Å². The number of rotatable bonds is 8. The predicted molar refractivity (Wildman–Crippen MR) is 112 cm³/mol. The second-order valence-corrected chi connectivity index (χ2v) is 7.07. The molecule has 1 heterocycles. The first kappa shape index (κ1) is 20.8. The number of amides is 1. The Kier molecular flexibility index (Phi) is 6.84. The largest absolute Gasteiger partial charge is 0.497 e. The van der Waals surface area contributed by atoms with Crippen molar-refractivity contribution in [2.45, 2.75) is 5.16 Å². The molecule has 8 nitrogen and oxygen atoms in total. The Hall–Kier alpha value is -2.91. The van der Waals surface area contributed by atoms with Gasteiger partial charge in [0.25, 0.3) is 0 Å². The van der Waals surface area contributed by atoms with Gasteiger partial charge in [-0.05, 0) is 30.3 Å². The fourth-order valence-corrected chi connectivity index (χ4v) is 3.30. The zero-order valence-electron chi connectivity index (χ0n) is 16.0. The van der Waals surface area contributed by atoms with Crippen molar-refractivity contribution in [2.24, 2.45) is 0 Å². The average Bonchev–Trinajstić information content (AvgIpc) is 3.21. The van der Waals surface area contributed by atoms with Gasteiger partial charge in [-0.25, -0.2) is 4.98 Å². The molecule has 10 heteroatoms. The molecule has 29 heavy (non-hydrogen) atoms. The zero-order valence-corrected chi connectivity index (χ0v) is 17.6. The third kappa shape index (κ3) is 5.12. The Morgan fingerprint density at radius 3 is 2.48 bits per heavy atom. The normalized spacial score (nSPS) is 10.5. The first-order valence-corrected chi connectivity index (χ1v) is 9.81. The summed E-state index contributed by atoms with van der Waals surface area (Å²) < 4.78 is 15.6. The van der Waals surface area contributed by atoms with Crippen LogP contribution in [0.1, 0.15) is 0 Å². The van der Waals surface area contributed by atoms with Crippen molar-refractivity contribution in [3.63, 3.8) is 0 Å². The van der Waals surface area contributed by atoms with Gasteiger partial charge in [0.1, 0.15) is 17.2 Å². The molecule has 0 saturated carbocycles. The summed E-state index contributed by atoms with van der Waals surface area (Å²) in [5, 5.41) is 10.6. The van der Waals surface area contributed by atoms with Gasteiger partial charge in [-0.15, -0.1) is 5.10 Å². The summed E-state index contributed by atoms with van der Waals surface area (Å²) in [6.45, 7) is 0. The molecule has 2 aromatic carbocycles. The fraction of sp³-hybridized carbons (Fsp3) is 0.211. The van der Waals surface area contributed by atoms with Crippen molar-refractivity contribution in [3.8, 4) is 28.6 Å². The minimum atomic E-state index is -0.245. The highest BCUT2D eigenvalue weighted by Gasteiger charge is 2.14. The molecule has 0 saturated heterocycles. The van der Waals surface area contributed by atoms with Crippen LogP contribution in [-0.4, -0.2) is 48.2 Å². The summed E-state index contributed by atoms with van der Waals surface area (Å²) in [4.78, 5) is 16.7. The highest BCUT2D eigenvalue weighted by atomic mass is 35.5. The van der Waals surface area contributed by atoms with Crippen LogP contribution in [0, 0.1) is 0 Å². The molecule has 0 bridgehead atoms. The van der Waals surface area contributed by atoms with Gasteiger partial charge in [0.05, 0.1) is 37.8 Å². The number of nitrogens with zero attached hydrogens (tertiary/aromatic N) is 2. The molecule has 0 fully saturated rings. The number of H-pyrrole nitrogens is 1. The molecule has 3 aromatic rings. The van der Waals surface area contributed by atoms with Gasteiger partial charge < -0.3 is 19.5 Å². The van der Waals surface area contributed by atoms with Gasteiger partial charge in [0.15, 0.2) is 5.82 Å². The van der Waals surface area contributed by atoms with Gasteiger partial charge in [0.2, 0.25) is 11.1 Å². The second kappa shape index (κ2) is 9.53. The van der Waals surface area contributed by atoms with Crippen molar-refractivity contribution < 1.29 is 19.0 Å². The Bertz CT molecular complexity index is 994. The van der Waals surface area contributed by atoms with E-state index in [1.54, 1.807) is 19.2 Å². The van der Waals surface area contributed by atoms with Crippen LogP contribution in [0.15, 0.2) is 41.6 Å². The molecule has 0 aliphatic heterocycles. The number of hydrogen-bond donors (Lipinski definition) is 2. The van der Waals surface area contributed by atoms with E-state index in [2.05, 4.69) is 20.5 Å². The van der Waals surface area contributed by atoms with E-state index in [4.69, 9.17) is 25.8 Å². The summed E-state index contributed by atoms with van der Waals surface area (Å²) in [6.07, 6.45) is 0. The number of halogens is 1. The van der Waals surface area contributed by atoms with Gasteiger partial charge in [-0.3, -0.25) is 9.89 Å². The van der Waals surface area contributed by atoms with Crippen LogP contribution in [-0.2, 0) is 4.79 Å². The van der Waals surface area contributed by atoms with Crippen LogP contribution < -0.4 is 19.5 Å². The van der Waals surface area contributed by atoms with Crippen LogP contribution in [0.3, 0.4) is 0 Å². The number of hydrogen-bond acceptors (Lipinski definition) is 7. The lowest BCUT2D eigenvalue weighted by molar-refractivity contribution is -0.113. The molecule has 3 rings (SSSR count). The fourth-order valence-electron chi connectivity index (χ4n) is 2.46. The Balaban J connectivity index is 1.61. The summed E-state index contributed by atoms with van der Waals surface area (Å²) in [6, 6.07) is 10.6. The smallest absolute Gasteiger partial charge is 0.234 e. The first-order valence-electron chi connectivity index (χ1n) is 8.45. The average molecular weight is 435 g/mol. The topological polar surface area (TPSA) is 98.4 Å². The van der Waals surface area contributed by atoms with Gasteiger partial charge >= 0.3 is 0 Å². The third-order valence-electron chi connectivity index (χ3n) is 3.91. The highest BCUT2D eigenvalue weighted by Crippen LogP contribution is 2.36. The maximum atomic E-state index is 12.3. The molecule has 0 radical (unpaired) electrons. The lowest BCUT2D eigenvalue weighted by Gasteiger charge is -2.12. The number of anilines is 1. The van der Waals surface area contributed by atoms with E-state index in [0.717, 1.165) is 11.3 Å². The van der Waals surface area contributed by atoms with Crippen LogP contribution in [0.2, 0.25) is 5.02 Å². The van der Waals surface area contributed by atoms with E-state index in [1.165, 1.54) is 26.0 Å².